The fourth-order valence-electron chi connectivity index (χ4n) is 6.73. The van der Waals surface area contributed by atoms with Crippen LogP contribution in [0.4, 0.5) is 14.9 Å². The van der Waals surface area contributed by atoms with E-state index in [9.17, 15) is 9.59 Å². The maximum absolute atomic E-state index is 16.0. The van der Waals surface area contributed by atoms with Crippen LogP contribution in [0.3, 0.4) is 0 Å². The van der Waals surface area contributed by atoms with Crippen LogP contribution >= 0.6 is 0 Å². The molecule has 0 bridgehead atoms. The van der Waals surface area contributed by atoms with E-state index in [1.165, 1.54) is 12.4 Å². The van der Waals surface area contributed by atoms with Gasteiger partial charge in [-0.3, -0.25) is 4.79 Å². The number of hydrogen-bond donors (Lipinski definition) is 2. The largest absolute Gasteiger partial charge is 0.445 e. The van der Waals surface area contributed by atoms with E-state index in [0.717, 1.165) is 40.6 Å². The molecule has 8 rings (SSSR count). The summed E-state index contributed by atoms with van der Waals surface area (Å²) in [7, 11) is 0. The second-order valence-electron chi connectivity index (χ2n) is 13.7. The third-order valence-corrected chi connectivity index (χ3v) is 10.1. The quantitative estimate of drug-likeness (QED) is 0.181. The van der Waals surface area contributed by atoms with Gasteiger partial charge in [0.25, 0.3) is 0 Å². The van der Waals surface area contributed by atoms with E-state index in [0.29, 0.717) is 59.9 Å². The number of aromatic amines is 1. The maximum atomic E-state index is 16.0. The predicted octanol–water partition coefficient (Wildman–Crippen LogP) is 6.61. The Morgan fingerprint density at radius 3 is 2.61 bits per heavy atom. The smallest absolute Gasteiger partial charge is 0.410 e. The first-order chi connectivity index (χ1) is 24.7. The first-order valence-corrected chi connectivity index (χ1v) is 17.1. The Morgan fingerprint density at radius 2 is 1.84 bits per heavy atom. The Labute approximate surface area is 293 Å². The highest BCUT2D eigenvalue weighted by atomic mass is 19.1. The van der Waals surface area contributed by atoms with Crippen LogP contribution in [0, 0.1) is 12.7 Å². The third kappa shape index (κ3) is 6.24. The van der Waals surface area contributed by atoms with Gasteiger partial charge in [-0.05, 0) is 67.6 Å². The SMILES string of the molecule is Cc1cc(-c2ncnc3[nH]c4cc(N5CCN(C(=O)OCc6ccccc6)CC5)ccc4c23)c(F)cc1[C@@H](C)NC(=O)c1nc(C2(C)CC2)no1. The van der Waals surface area contributed by atoms with E-state index in [-0.39, 0.29) is 24.0 Å². The van der Waals surface area contributed by atoms with Crippen LogP contribution < -0.4 is 10.2 Å². The summed E-state index contributed by atoms with van der Waals surface area (Å²) in [6, 6.07) is 18.4. The number of ether oxygens (including phenoxy) is 1. The molecule has 2 amide bonds. The van der Waals surface area contributed by atoms with Gasteiger partial charge in [-0.1, -0.05) is 48.5 Å². The van der Waals surface area contributed by atoms with Crippen LogP contribution in [0.2, 0.25) is 0 Å². The number of carbonyl (C=O) groups is 2. The molecule has 1 saturated carbocycles. The number of nitrogens with zero attached hydrogens (tertiary/aromatic N) is 6. The van der Waals surface area contributed by atoms with Crippen molar-refractivity contribution in [3.05, 3.63) is 101 Å². The summed E-state index contributed by atoms with van der Waals surface area (Å²) in [6.07, 6.45) is 3.03. The van der Waals surface area contributed by atoms with Crippen LogP contribution in [0.15, 0.2) is 71.5 Å². The van der Waals surface area contributed by atoms with Crippen molar-refractivity contribution in [1.82, 2.24) is 35.3 Å². The predicted molar refractivity (Wildman–Crippen MR) is 189 cm³/mol. The number of aromatic nitrogens is 5. The van der Waals surface area contributed by atoms with Crippen molar-refractivity contribution in [2.75, 3.05) is 31.1 Å². The highest BCUT2D eigenvalue weighted by Gasteiger charge is 2.44. The van der Waals surface area contributed by atoms with E-state index in [4.69, 9.17) is 9.26 Å². The number of aryl methyl sites for hydroxylation is 1. The number of nitrogens with one attached hydrogen (secondary N) is 2. The van der Waals surface area contributed by atoms with E-state index < -0.39 is 17.8 Å². The van der Waals surface area contributed by atoms with Gasteiger partial charge in [0.15, 0.2) is 5.82 Å². The number of rotatable bonds is 8. The summed E-state index contributed by atoms with van der Waals surface area (Å²) in [5.41, 5.74) is 5.48. The minimum absolute atomic E-state index is 0.105. The monoisotopic (exact) mass is 688 g/mol. The number of H-pyrrole nitrogens is 1. The highest BCUT2D eigenvalue weighted by molar-refractivity contribution is 6.12. The third-order valence-electron chi connectivity index (χ3n) is 10.1. The number of benzene rings is 3. The fraction of sp³-hybridized carbons (Fsp3) is 0.316. The number of fused-ring (bicyclic) bond motifs is 3. The second kappa shape index (κ2) is 12.8. The number of amides is 2. The average Bonchev–Trinajstić information content (AvgIpc) is 3.52. The molecule has 0 spiro atoms. The van der Waals surface area contributed by atoms with Crippen molar-refractivity contribution in [2.45, 2.75) is 51.7 Å². The van der Waals surface area contributed by atoms with E-state index in [1.54, 1.807) is 17.9 Å². The van der Waals surface area contributed by atoms with E-state index in [2.05, 4.69) is 41.4 Å². The minimum Gasteiger partial charge on any atom is -0.445 e. The topological polar surface area (TPSA) is 142 Å². The van der Waals surface area contributed by atoms with Crippen LogP contribution in [0.5, 0.6) is 0 Å². The number of piperazine rings is 1. The average molecular weight is 689 g/mol. The van der Waals surface area contributed by atoms with Gasteiger partial charge in [-0.15, -0.1) is 0 Å². The second-order valence-corrected chi connectivity index (χ2v) is 13.7. The van der Waals surface area contributed by atoms with Crippen molar-refractivity contribution >= 4 is 39.6 Å². The molecular formula is C38H37FN8O4. The summed E-state index contributed by atoms with van der Waals surface area (Å²) < 4.78 is 26.7. The number of hydrogen-bond acceptors (Lipinski definition) is 9. The number of halogens is 1. The Kier molecular flexibility index (Phi) is 8.12. The summed E-state index contributed by atoms with van der Waals surface area (Å²) in [5, 5.41) is 8.43. The van der Waals surface area contributed by atoms with Crippen molar-refractivity contribution in [2.24, 2.45) is 0 Å². The van der Waals surface area contributed by atoms with Crippen molar-refractivity contribution < 1.29 is 23.2 Å². The van der Waals surface area contributed by atoms with E-state index >= 15 is 4.39 Å². The van der Waals surface area contributed by atoms with Crippen LogP contribution in [-0.4, -0.2) is 68.2 Å². The minimum atomic E-state index is -0.522. The zero-order chi connectivity index (χ0) is 35.3. The summed E-state index contributed by atoms with van der Waals surface area (Å²) >= 11 is 0. The van der Waals surface area contributed by atoms with Crippen molar-refractivity contribution in [3.63, 3.8) is 0 Å². The lowest BCUT2D eigenvalue weighted by molar-refractivity contribution is 0.0894. The van der Waals surface area contributed by atoms with Crippen molar-refractivity contribution in [3.8, 4) is 11.3 Å². The van der Waals surface area contributed by atoms with Gasteiger partial charge in [0, 0.05) is 53.7 Å². The molecule has 2 N–H and O–H groups in total. The molecule has 2 aliphatic rings. The van der Waals surface area contributed by atoms with Gasteiger partial charge in [0.05, 0.1) is 17.1 Å². The van der Waals surface area contributed by atoms with Gasteiger partial charge in [0.1, 0.15) is 24.4 Å². The number of anilines is 1. The van der Waals surface area contributed by atoms with Crippen LogP contribution in [0.25, 0.3) is 33.2 Å². The normalized spacial score (nSPS) is 16.0. The van der Waals surface area contributed by atoms with Crippen LogP contribution in [-0.2, 0) is 16.8 Å². The lowest BCUT2D eigenvalue weighted by atomic mass is 9.96. The first kappa shape index (κ1) is 32.4. The highest BCUT2D eigenvalue weighted by Crippen LogP contribution is 2.46. The molecule has 1 aliphatic heterocycles. The lowest BCUT2D eigenvalue weighted by Crippen LogP contribution is -2.48. The Morgan fingerprint density at radius 1 is 1.06 bits per heavy atom. The van der Waals surface area contributed by atoms with E-state index in [1.807, 2.05) is 56.3 Å². The first-order valence-electron chi connectivity index (χ1n) is 17.1. The molecule has 12 nitrogen and oxygen atoms in total. The molecule has 0 radical (unpaired) electrons. The molecule has 2 fully saturated rings. The van der Waals surface area contributed by atoms with Gasteiger partial charge >= 0.3 is 17.9 Å². The molecule has 51 heavy (non-hydrogen) atoms. The molecule has 6 aromatic rings. The molecule has 4 heterocycles. The summed E-state index contributed by atoms with van der Waals surface area (Å²) in [5.74, 6) is -0.543. The molecule has 1 atom stereocenters. The molecule has 13 heteroatoms. The Hall–Kier alpha value is -5.85. The molecule has 1 aliphatic carbocycles. The molecular weight excluding hydrogens is 651 g/mol. The van der Waals surface area contributed by atoms with Gasteiger partial charge in [-0.25, -0.2) is 19.2 Å². The standard InChI is InChI=1S/C38H37FN8O4/c1-22-17-28(29(39)19-27(22)23(2)42-34(48)35-44-36(45-51-35)38(3)11-12-38)32-31-26-10-9-25(18-30(26)43-33(31)41-21-40-32)46-13-15-47(16-14-46)37(49)50-20-24-7-5-4-6-8-24/h4-10,17-19,21,23H,11-16,20H2,1-3H3,(H,42,48)(H,40,41,43)/t23-/m1/s1. The maximum Gasteiger partial charge on any atom is 0.410 e. The number of carbonyl (C=O) groups excluding carboxylic acids is 2. The van der Waals surface area contributed by atoms with Crippen molar-refractivity contribution in [1.29, 1.82) is 0 Å². The molecule has 260 valence electrons. The fourth-order valence-corrected chi connectivity index (χ4v) is 6.73. The van der Waals surface area contributed by atoms with Gasteiger partial charge in [0.2, 0.25) is 0 Å². The van der Waals surface area contributed by atoms with Crippen LogP contribution in [0.1, 0.15) is 65.9 Å². The summed E-state index contributed by atoms with van der Waals surface area (Å²) in [4.78, 5) is 46.2. The molecule has 3 aromatic heterocycles. The summed E-state index contributed by atoms with van der Waals surface area (Å²) in [6.45, 7) is 8.34. The Bertz CT molecular complexity index is 2270. The zero-order valence-corrected chi connectivity index (χ0v) is 28.6. The molecule has 3 aromatic carbocycles. The Balaban J connectivity index is 0.981. The lowest BCUT2D eigenvalue weighted by Gasteiger charge is -2.35. The van der Waals surface area contributed by atoms with Gasteiger partial charge in [-0.2, -0.15) is 4.98 Å². The zero-order valence-electron chi connectivity index (χ0n) is 28.6. The molecule has 0 unspecified atom stereocenters. The van der Waals surface area contributed by atoms with Gasteiger partial charge < -0.3 is 29.4 Å². The molecule has 1 saturated heterocycles.